The van der Waals surface area contributed by atoms with Gasteiger partial charge in [-0.3, -0.25) is 4.84 Å². The molecule has 1 aromatic heterocycles. The fourth-order valence-electron chi connectivity index (χ4n) is 2.94. The predicted octanol–water partition coefficient (Wildman–Crippen LogP) is 4.51. The van der Waals surface area contributed by atoms with Crippen molar-refractivity contribution in [1.82, 2.24) is 10.0 Å². The number of aromatic nitrogens is 1. The number of methoxy groups -OCH3 is 1. The van der Waals surface area contributed by atoms with E-state index in [-0.39, 0.29) is 0 Å². The molecule has 25 heavy (non-hydrogen) atoms. The minimum Gasteiger partial charge on any atom is -0.481 e. The van der Waals surface area contributed by atoms with Crippen LogP contribution in [-0.4, -0.2) is 17.2 Å². The van der Waals surface area contributed by atoms with Crippen LogP contribution in [-0.2, 0) is 24.1 Å². The Labute approximate surface area is 144 Å². The summed E-state index contributed by atoms with van der Waals surface area (Å²) in [4.78, 5) is 9.76. The van der Waals surface area contributed by atoms with E-state index in [1.807, 2.05) is 31.2 Å². The highest BCUT2D eigenvalue weighted by Crippen LogP contribution is 2.37. The Kier molecular flexibility index (Phi) is 4.96. The van der Waals surface area contributed by atoms with Gasteiger partial charge in [0.1, 0.15) is 11.7 Å². The van der Waals surface area contributed by atoms with Crippen LogP contribution in [0.3, 0.4) is 0 Å². The number of pyridine rings is 1. The molecule has 0 aliphatic carbocycles. The summed E-state index contributed by atoms with van der Waals surface area (Å²) >= 11 is 0. The Bertz CT molecular complexity index is 724. The molecule has 0 bridgehead atoms. The van der Waals surface area contributed by atoms with Gasteiger partial charge in [0.15, 0.2) is 0 Å². The quantitative estimate of drug-likeness (QED) is 0.793. The Hall–Kier alpha value is -2.12. The van der Waals surface area contributed by atoms with Crippen LogP contribution < -0.4 is 4.74 Å². The summed E-state index contributed by atoms with van der Waals surface area (Å²) in [5, 5.41) is 1.77. The molecule has 2 heterocycles. The Balaban J connectivity index is 1.80. The van der Waals surface area contributed by atoms with Crippen LogP contribution in [0.25, 0.3) is 0 Å². The van der Waals surface area contributed by atoms with Crippen molar-refractivity contribution in [2.75, 3.05) is 7.11 Å². The molecule has 0 saturated carbocycles. The van der Waals surface area contributed by atoms with Gasteiger partial charge in [0.25, 0.3) is 0 Å². The van der Waals surface area contributed by atoms with Crippen LogP contribution in [0, 0.1) is 0 Å². The van der Waals surface area contributed by atoms with E-state index in [9.17, 15) is 13.2 Å². The van der Waals surface area contributed by atoms with E-state index < -0.39 is 23.7 Å². The number of benzene rings is 1. The van der Waals surface area contributed by atoms with E-state index in [2.05, 4.69) is 4.98 Å². The van der Waals surface area contributed by atoms with Crippen molar-refractivity contribution >= 4 is 0 Å². The van der Waals surface area contributed by atoms with Crippen LogP contribution in [0.2, 0.25) is 0 Å². The normalized spacial score (nSPS) is 15.9. The van der Waals surface area contributed by atoms with Crippen molar-refractivity contribution in [1.29, 1.82) is 0 Å². The first kappa shape index (κ1) is 17.7. The maximum absolute atomic E-state index is 13.2. The highest BCUT2D eigenvalue weighted by molar-refractivity contribution is 5.33. The van der Waals surface area contributed by atoms with Gasteiger partial charge in [0.2, 0.25) is 5.88 Å². The first-order chi connectivity index (χ1) is 11.9. The molecule has 7 heteroatoms. The number of hydroxylamine groups is 2. The lowest BCUT2D eigenvalue weighted by molar-refractivity contribution is -0.208. The third-order valence-electron chi connectivity index (χ3n) is 4.20. The van der Waals surface area contributed by atoms with E-state index in [0.717, 1.165) is 6.07 Å². The van der Waals surface area contributed by atoms with Crippen LogP contribution >= 0.6 is 0 Å². The molecule has 1 aliphatic rings. The molecule has 1 unspecified atom stereocenters. The molecule has 4 nitrogen and oxygen atoms in total. The minimum atomic E-state index is -4.53. The lowest BCUT2D eigenvalue weighted by atomic mass is 10.1. The fourth-order valence-corrected chi connectivity index (χ4v) is 2.94. The number of rotatable bonds is 5. The van der Waals surface area contributed by atoms with Crippen LogP contribution in [0.1, 0.15) is 41.7 Å². The van der Waals surface area contributed by atoms with Gasteiger partial charge in [-0.2, -0.15) is 18.2 Å². The molecule has 0 saturated heterocycles. The van der Waals surface area contributed by atoms with Crippen molar-refractivity contribution in [3.05, 3.63) is 58.8 Å². The molecular formula is C18H19F3N2O2. The molecule has 134 valence electrons. The average molecular weight is 352 g/mol. The van der Waals surface area contributed by atoms with Crippen molar-refractivity contribution in [2.24, 2.45) is 0 Å². The van der Waals surface area contributed by atoms with Crippen LogP contribution in [0.5, 0.6) is 5.88 Å². The van der Waals surface area contributed by atoms with E-state index >= 15 is 0 Å². The first-order valence-electron chi connectivity index (χ1n) is 8.02. The average Bonchev–Trinajstić information content (AvgIpc) is 3.01. The lowest BCUT2D eigenvalue weighted by Crippen LogP contribution is -2.21. The zero-order valence-corrected chi connectivity index (χ0v) is 14.0. The molecule has 0 amide bonds. The third-order valence-corrected chi connectivity index (χ3v) is 4.20. The summed E-state index contributed by atoms with van der Waals surface area (Å²) in [5.41, 5.74) is 1.83. The number of nitrogens with zero attached hydrogens (tertiary/aromatic N) is 2. The van der Waals surface area contributed by atoms with E-state index in [1.165, 1.54) is 24.4 Å². The summed E-state index contributed by atoms with van der Waals surface area (Å²) in [6.45, 7) is 3.09. The number of halogens is 3. The summed E-state index contributed by atoms with van der Waals surface area (Å²) in [7, 11) is 1.17. The minimum absolute atomic E-state index is 0.381. The molecule has 1 aromatic carbocycles. The van der Waals surface area contributed by atoms with Gasteiger partial charge < -0.3 is 4.74 Å². The van der Waals surface area contributed by atoms with Gasteiger partial charge in [0, 0.05) is 24.8 Å². The predicted molar refractivity (Wildman–Crippen MR) is 85.6 cm³/mol. The van der Waals surface area contributed by atoms with Gasteiger partial charge in [-0.1, -0.05) is 31.2 Å². The first-order valence-corrected chi connectivity index (χ1v) is 8.02. The van der Waals surface area contributed by atoms with E-state index in [1.54, 1.807) is 5.06 Å². The number of ether oxygens (including phenoxy) is 1. The van der Waals surface area contributed by atoms with Crippen molar-refractivity contribution in [3.8, 4) is 5.88 Å². The molecule has 1 atom stereocenters. The highest BCUT2D eigenvalue weighted by Gasteiger charge is 2.36. The molecule has 2 aromatic rings. The topological polar surface area (TPSA) is 34.6 Å². The zero-order valence-electron chi connectivity index (χ0n) is 14.0. The molecule has 0 radical (unpaired) electrons. The van der Waals surface area contributed by atoms with Gasteiger partial charge >= 0.3 is 6.18 Å². The maximum Gasteiger partial charge on any atom is 0.421 e. The second-order valence-electron chi connectivity index (χ2n) is 5.89. The van der Waals surface area contributed by atoms with E-state index in [0.29, 0.717) is 25.1 Å². The lowest BCUT2D eigenvalue weighted by Gasteiger charge is -2.24. The summed E-state index contributed by atoms with van der Waals surface area (Å²) in [5.74, 6) is -0.431. The Morgan fingerprint density at radius 2 is 1.84 bits per heavy atom. The van der Waals surface area contributed by atoms with Crippen molar-refractivity contribution < 1.29 is 22.7 Å². The standard InChI is InChI=1S/C18H19F3N2O2/c1-3-16(25-23-10-12-6-4-5-7-13(12)11-23)14-8-15(18(19,20)21)17(24-2)22-9-14/h4-9,16H,3,10-11H2,1-2H3. The molecule has 0 spiro atoms. The second kappa shape index (κ2) is 7.01. The zero-order chi connectivity index (χ0) is 18.0. The van der Waals surface area contributed by atoms with Crippen LogP contribution in [0.15, 0.2) is 36.5 Å². The largest absolute Gasteiger partial charge is 0.481 e. The molecule has 3 rings (SSSR count). The van der Waals surface area contributed by atoms with Gasteiger partial charge in [-0.05, 0) is 23.6 Å². The summed E-state index contributed by atoms with van der Waals surface area (Å²) in [6, 6.07) is 9.03. The number of hydrogen-bond acceptors (Lipinski definition) is 4. The maximum atomic E-state index is 13.2. The molecule has 0 fully saturated rings. The van der Waals surface area contributed by atoms with E-state index in [4.69, 9.17) is 9.57 Å². The Morgan fingerprint density at radius 3 is 2.36 bits per heavy atom. The molecular weight excluding hydrogens is 333 g/mol. The molecule has 1 aliphatic heterocycles. The Morgan fingerprint density at radius 1 is 1.20 bits per heavy atom. The third kappa shape index (κ3) is 3.77. The number of hydrogen-bond donors (Lipinski definition) is 0. The summed E-state index contributed by atoms with van der Waals surface area (Å²) < 4.78 is 44.3. The van der Waals surface area contributed by atoms with Crippen molar-refractivity contribution in [2.45, 2.75) is 38.7 Å². The molecule has 0 N–H and O–H groups in total. The van der Waals surface area contributed by atoms with Gasteiger partial charge in [-0.25, -0.2) is 4.98 Å². The SMILES string of the molecule is CCC(ON1Cc2ccccc2C1)c1cnc(OC)c(C(F)(F)F)c1. The second-order valence-corrected chi connectivity index (χ2v) is 5.89. The van der Waals surface area contributed by atoms with Crippen molar-refractivity contribution in [3.63, 3.8) is 0 Å². The monoisotopic (exact) mass is 352 g/mol. The smallest absolute Gasteiger partial charge is 0.421 e. The number of alkyl halides is 3. The van der Waals surface area contributed by atoms with Crippen LogP contribution in [0.4, 0.5) is 13.2 Å². The highest BCUT2D eigenvalue weighted by atomic mass is 19.4. The summed E-state index contributed by atoms with van der Waals surface area (Å²) in [6.07, 6.45) is -3.13. The number of fused-ring (bicyclic) bond motifs is 1. The fraction of sp³-hybridized carbons (Fsp3) is 0.389. The van der Waals surface area contributed by atoms with Gasteiger partial charge in [-0.15, -0.1) is 0 Å². The van der Waals surface area contributed by atoms with Gasteiger partial charge in [0.05, 0.1) is 7.11 Å².